The molecule has 0 saturated carbocycles. The van der Waals surface area contributed by atoms with Crippen LogP contribution in [0.15, 0.2) is 58.7 Å². The van der Waals surface area contributed by atoms with Gasteiger partial charge in [-0.1, -0.05) is 11.8 Å². The van der Waals surface area contributed by atoms with E-state index in [1.807, 2.05) is 4.57 Å². The molecule has 3 aromatic rings. The van der Waals surface area contributed by atoms with Crippen LogP contribution >= 0.6 is 11.8 Å². The SMILES string of the molecule is O=[N+]([O-])c1ccc(C=Nc2c(-c3ccc([N+](=O)[O-])cc3)nc3n2CCS3)cc1. The van der Waals surface area contributed by atoms with Crippen LogP contribution in [-0.2, 0) is 6.54 Å². The maximum atomic E-state index is 10.9. The van der Waals surface area contributed by atoms with Crippen LogP contribution in [0.25, 0.3) is 11.3 Å². The van der Waals surface area contributed by atoms with Crippen LogP contribution in [0, 0.1) is 20.2 Å². The monoisotopic (exact) mass is 395 g/mol. The van der Waals surface area contributed by atoms with E-state index in [1.54, 1.807) is 42.2 Å². The topological polar surface area (TPSA) is 116 Å². The van der Waals surface area contributed by atoms with Crippen LogP contribution in [0.5, 0.6) is 0 Å². The van der Waals surface area contributed by atoms with Crippen molar-refractivity contribution in [2.75, 3.05) is 5.75 Å². The number of imidazole rings is 1. The fourth-order valence-corrected chi connectivity index (χ4v) is 3.79. The minimum Gasteiger partial charge on any atom is -0.303 e. The standard InChI is InChI=1S/C18H13N5O4S/c24-22(25)14-5-1-12(2-6-14)11-19-17-16(20-18-21(17)9-10-28-18)13-3-7-15(8-4-13)23(26)27/h1-8,11H,9-10H2. The number of benzene rings is 2. The molecule has 2 heterocycles. The minimum absolute atomic E-state index is 0.0146. The predicted molar refractivity (Wildman–Crippen MR) is 105 cm³/mol. The number of non-ortho nitro benzene ring substituents is 2. The Bertz CT molecular complexity index is 1090. The first-order chi connectivity index (χ1) is 13.5. The molecule has 1 aliphatic heterocycles. The van der Waals surface area contributed by atoms with Crippen molar-refractivity contribution >= 4 is 35.2 Å². The van der Waals surface area contributed by atoms with Gasteiger partial charge in [0.15, 0.2) is 11.0 Å². The minimum atomic E-state index is -0.450. The lowest BCUT2D eigenvalue weighted by atomic mass is 10.1. The van der Waals surface area contributed by atoms with E-state index in [-0.39, 0.29) is 11.4 Å². The Hall–Kier alpha value is -3.53. The van der Waals surface area contributed by atoms with E-state index in [0.29, 0.717) is 11.5 Å². The van der Waals surface area contributed by atoms with Crippen LogP contribution in [-0.4, -0.2) is 31.4 Å². The molecule has 0 unspecified atom stereocenters. The number of nitrogens with zero attached hydrogens (tertiary/aromatic N) is 5. The van der Waals surface area contributed by atoms with E-state index >= 15 is 0 Å². The van der Waals surface area contributed by atoms with Gasteiger partial charge < -0.3 is 4.57 Å². The molecule has 1 aliphatic rings. The molecule has 0 N–H and O–H groups in total. The predicted octanol–water partition coefficient (Wildman–Crippen LogP) is 4.22. The largest absolute Gasteiger partial charge is 0.303 e. The highest BCUT2D eigenvalue weighted by atomic mass is 32.2. The van der Waals surface area contributed by atoms with Crippen molar-refractivity contribution in [1.82, 2.24) is 9.55 Å². The summed E-state index contributed by atoms with van der Waals surface area (Å²) >= 11 is 1.63. The second-order valence-corrected chi connectivity index (χ2v) is 7.04. The summed E-state index contributed by atoms with van der Waals surface area (Å²) in [5.74, 6) is 1.57. The van der Waals surface area contributed by atoms with Gasteiger partial charge in [-0.2, -0.15) is 0 Å². The number of hydrogen-bond acceptors (Lipinski definition) is 7. The molecule has 0 atom stereocenters. The third kappa shape index (κ3) is 3.37. The average Bonchev–Trinajstić information content (AvgIpc) is 3.28. The Morgan fingerprint density at radius 1 is 1.00 bits per heavy atom. The highest BCUT2D eigenvalue weighted by Crippen LogP contribution is 2.38. The first kappa shape index (κ1) is 17.9. The van der Waals surface area contributed by atoms with E-state index < -0.39 is 9.85 Å². The second-order valence-electron chi connectivity index (χ2n) is 5.98. The number of nitro benzene ring substituents is 2. The smallest absolute Gasteiger partial charge is 0.269 e. The van der Waals surface area contributed by atoms with E-state index in [1.165, 1.54) is 24.3 Å². The van der Waals surface area contributed by atoms with E-state index in [2.05, 4.69) is 9.98 Å². The Balaban J connectivity index is 1.70. The molecule has 0 amide bonds. The lowest BCUT2D eigenvalue weighted by molar-refractivity contribution is -0.385. The molecule has 0 aliphatic carbocycles. The van der Waals surface area contributed by atoms with E-state index in [4.69, 9.17) is 0 Å². The molecule has 140 valence electrons. The highest BCUT2D eigenvalue weighted by Gasteiger charge is 2.22. The number of thioether (sulfide) groups is 1. The first-order valence-corrected chi connectivity index (χ1v) is 9.28. The molecule has 4 rings (SSSR count). The molecule has 9 nitrogen and oxygen atoms in total. The number of nitro groups is 2. The third-order valence-corrected chi connectivity index (χ3v) is 5.20. The van der Waals surface area contributed by atoms with E-state index in [0.717, 1.165) is 28.6 Å². The van der Waals surface area contributed by atoms with Gasteiger partial charge in [-0.15, -0.1) is 0 Å². The van der Waals surface area contributed by atoms with Crippen LogP contribution in [0.3, 0.4) is 0 Å². The van der Waals surface area contributed by atoms with Gasteiger partial charge in [-0.05, 0) is 29.8 Å². The summed E-state index contributed by atoms with van der Waals surface area (Å²) in [7, 11) is 0. The van der Waals surface area contributed by atoms with E-state index in [9.17, 15) is 20.2 Å². The molecule has 2 aromatic carbocycles. The number of aliphatic imine (C=N–C) groups is 1. The summed E-state index contributed by atoms with van der Waals surface area (Å²) in [4.78, 5) is 30.0. The van der Waals surface area contributed by atoms with Crippen molar-refractivity contribution in [3.63, 3.8) is 0 Å². The van der Waals surface area contributed by atoms with Crippen molar-refractivity contribution < 1.29 is 9.85 Å². The zero-order valence-electron chi connectivity index (χ0n) is 14.4. The lowest BCUT2D eigenvalue weighted by Crippen LogP contribution is -1.94. The van der Waals surface area contributed by atoms with Gasteiger partial charge in [0.2, 0.25) is 0 Å². The molecular weight excluding hydrogens is 382 g/mol. The highest BCUT2D eigenvalue weighted by molar-refractivity contribution is 7.99. The van der Waals surface area contributed by atoms with Crippen molar-refractivity contribution in [2.24, 2.45) is 4.99 Å². The molecule has 0 spiro atoms. The summed E-state index contributed by atoms with van der Waals surface area (Å²) in [5.41, 5.74) is 2.15. The Labute approximate surface area is 163 Å². The Morgan fingerprint density at radius 2 is 1.61 bits per heavy atom. The first-order valence-electron chi connectivity index (χ1n) is 8.29. The van der Waals surface area contributed by atoms with Gasteiger partial charge in [0.05, 0.1) is 9.85 Å². The molecule has 0 radical (unpaired) electrons. The van der Waals surface area contributed by atoms with Crippen LogP contribution in [0.1, 0.15) is 5.56 Å². The molecule has 0 saturated heterocycles. The molecule has 0 fully saturated rings. The van der Waals surface area contributed by atoms with Gasteiger partial charge in [0.25, 0.3) is 11.4 Å². The fraction of sp³-hybridized carbons (Fsp3) is 0.111. The zero-order valence-corrected chi connectivity index (χ0v) is 15.2. The van der Waals surface area contributed by atoms with Crippen molar-refractivity contribution in [3.8, 4) is 11.3 Å². The normalized spacial score (nSPS) is 13.0. The summed E-state index contributed by atoms with van der Waals surface area (Å²) in [5, 5.41) is 22.5. The molecule has 28 heavy (non-hydrogen) atoms. The van der Waals surface area contributed by atoms with Gasteiger partial charge in [0.1, 0.15) is 5.69 Å². The summed E-state index contributed by atoms with van der Waals surface area (Å²) in [6, 6.07) is 12.3. The summed E-state index contributed by atoms with van der Waals surface area (Å²) in [6.45, 7) is 0.771. The molecular formula is C18H13N5O4S. The molecule has 1 aromatic heterocycles. The zero-order chi connectivity index (χ0) is 19.7. The number of fused-ring (bicyclic) bond motifs is 1. The number of rotatable bonds is 5. The van der Waals surface area contributed by atoms with Crippen LogP contribution in [0.4, 0.5) is 17.2 Å². The van der Waals surface area contributed by atoms with Gasteiger partial charge >= 0.3 is 0 Å². The van der Waals surface area contributed by atoms with Crippen molar-refractivity contribution in [1.29, 1.82) is 0 Å². The maximum absolute atomic E-state index is 10.9. The van der Waals surface area contributed by atoms with Crippen LogP contribution in [0.2, 0.25) is 0 Å². The molecule has 0 bridgehead atoms. The maximum Gasteiger partial charge on any atom is 0.269 e. The summed E-state index contributed by atoms with van der Waals surface area (Å²) < 4.78 is 2.00. The Kier molecular flexibility index (Phi) is 4.62. The Morgan fingerprint density at radius 3 is 2.21 bits per heavy atom. The van der Waals surface area contributed by atoms with Crippen molar-refractivity contribution in [3.05, 3.63) is 74.3 Å². The quantitative estimate of drug-likeness (QED) is 0.363. The van der Waals surface area contributed by atoms with Gasteiger partial charge in [-0.3, -0.25) is 20.2 Å². The van der Waals surface area contributed by atoms with Crippen molar-refractivity contribution in [2.45, 2.75) is 11.7 Å². The average molecular weight is 395 g/mol. The van der Waals surface area contributed by atoms with Crippen LogP contribution < -0.4 is 0 Å². The second kappa shape index (κ2) is 7.24. The molecule has 10 heteroatoms. The lowest BCUT2D eigenvalue weighted by Gasteiger charge is -2.03. The number of aromatic nitrogens is 2. The van der Waals surface area contributed by atoms with Gasteiger partial charge in [-0.25, -0.2) is 9.98 Å². The fourth-order valence-electron chi connectivity index (χ4n) is 2.85. The number of hydrogen-bond donors (Lipinski definition) is 0. The third-order valence-electron chi connectivity index (χ3n) is 4.24. The summed E-state index contributed by atoms with van der Waals surface area (Å²) in [6.07, 6.45) is 1.63. The van der Waals surface area contributed by atoms with Gasteiger partial charge in [0, 0.05) is 48.3 Å².